The molecule has 0 radical (unpaired) electrons. The van der Waals surface area contributed by atoms with Crippen molar-refractivity contribution in [1.82, 2.24) is 10.3 Å². The lowest BCUT2D eigenvalue weighted by atomic mass is 9.95. The number of pyridine rings is 1. The van der Waals surface area contributed by atoms with Crippen molar-refractivity contribution in [2.75, 3.05) is 5.75 Å². The lowest BCUT2D eigenvalue weighted by Crippen LogP contribution is -2.54. The van der Waals surface area contributed by atoms with Crippen LogP contribution in [0.2, 0.25) is 0 Å². The fourth-order valence-corrected chi connectivity index (χ4v) is 3.02. The molecule has 1 heterocycles. The maximum Gasteiger partial charge on any atom is 0.237 e. The smallest absolute Gasteiger partial charge is 0.237 e. The quantitative estimate of drug-likeness (QED) is 0.554. The van der Waals surface area contributed by atoms with Crippen LogP contribution < -0.4 is 11.1 Å². The Balaban J connectivity index is 1.75. The second kappa shape index (κ2) is 6.91. The van der Waals surface area contributed by atoms with Crippen LogP contribution in [0, 0.1) is 0 Å². The van der Waals surface area contributed by atoms with E-state index in [-0.39, 0.29) is 5.91 Å². The van der Waals surface area contributed by atoms with E-state index in [1.807, 2.05) is 19.1 Å². The van der Waals surface area contributed by atoms with Crippen molar-refractivity contribution in [1.29, 1.82) is 0 Å². The maximum atomic E-state index is 11.6. The summed E-state index contributed by atoms with van der Waals surface area (Å²) in [6.45, 7) is 1.91. The third-order valence-corrected chi connectivity index (χ3v) is 4.91. The zero-order valence-corrected chi connectivity index (χ0v) is 14.0. The van der Waals surface area contributed by atoms with Crippen LogP contribution in [-0.2, 0) is 4.79 Å². The molecule has 20 heavy (non-hydrogen) atoms. The van der Waals surface area contributed by atoms with Crippen molar-refractivity contribution in [2.24, 2.45) is 5.73 Å². The SMILES string of the molecule is CC(CCCSc1ccc(Br)cn1)(NC1CC1)C(N)=O. The largest absolute Gasteiger partial charge is 0.368 e. The van der Waals surface area contributed by atoms with Crippen LogP contribution in [0.3, 0.4) is 0 Å². The van der Waals surface area contributed by atoms with E-state index in [1.54, 1.807) is 18.0 Å². The van der Waals surface area contributed by atoms with E-state index >= 15 is 0 Å². The molecule has 0 aromatic carbocycles. The third-order valence-electron chi connectivity index (χ3n) is 3.42. The summed E-state index contributed by atoms with van der Waals surface area (Å²) in [4.78, 5) is 15.9. The van der Waals surface area contributed by atoms with Crippen LogP contribution in [0.4, 0.5) is 0 Å². The van der Waals surface area contributed by atoms with Gasteiger partial charge < -0.3 is 11.1 Å². The fraction of sp³-hybridized carbons (Fsp3) is 0.571. The highest BCUT2D eigenvalue weighted by Crippen LogP contribution is 2.26. The highest BCUT2D eigenvalue weighted by atomic mass is 79.9. The van der Waals surface area contributed by atoms with Gasteiger partial charge in [0.25, 0.3) is 0 Å². The van der Waals surface area contributed by atoms with E-state index in [0.29, 0.717) is 6.04 Å². The lowest BCUT2D eigenvalue weighted by Gasteiger charge is -2.27. The first-order valence-corrected chi connectivity index (χ1v) is 8.59. The number of aromatic nitrogens is 1. The number of halogens is 1. The van der Waals surface area contributed by atoms with E-state index in [2.05, 4.69) is 26.2 Å². The summed E-state index contributed by atoms with van der Waals surface area (Å²) in [6.07, 6.45) is 5.80. The summed E-state index contributed by atoms with van der Waals surface area (Å²) in [5, 5.41) is 4.37. The normalized spacial score (nSPS) is 17.7. The van der Waals surface area contributed by atoms with Crippen LogP contribution in [0.25, 0.3) is 0 Å². The van der Waals surface area contributed by atoms with Crippen LogP contribution in [0.5, 0.6) is 0 Å². The number of nitrogens with zero attached hydrogens (tertiary/aromatic N) is 1. The first-order valence-electron chi connectivity index (χ1n) is 6.81. The molecule has 1 amide bonds. The zero-order valence-electron chi connectivity index (χ0n) is 11.6. The minimum atomic E-state index is -0.575. The summed E-state index contributed by atoms with van der Waals surface area (Å²) in [6, 6.07) is 4.45. The molecular weight excluding hydrogens is 338 g/mol. The molecule has 1 aliphatic rings. The third kappa shape index (κ3) is 4.75. The summed E-state index contributed by atoms with van der Waals surface area (Å²) in [5.41, 5.74) is 4.96. The van der Waals surface area contributed by atoms with Gasteiger partial charge in [0.15, 0.2) is 0 Å². The molecule has 110 valence electrons. The van der Waals surface area contributed by atoms with Crippen molar-refractivity contribution in [3.63, 3.8) is 0 Å². The number of hydrogen-bond acceptors (Lipinski definition) is 4. The highest BCUT2D eigenvalue weighted by Gasteiger charge is 2.36. The lowest BCUT2D eigenvalue weighted by molar-refractivity contribution is -0.124. The topological polar surface area (TPSA) is 68.0 Å². The number of carbonyl (C=O) groups is 1. The number of nitrogens with one attached hydrogen (secondary N) is 1. The molecule has 6 heteroatoms. The molecule has 0 saturated heterocycles. The van der Waals surface area contributed by atoms with Crippen molar-refractivity contribution < 1.29 is 4.79 Å². The molecule has 1 atom stereocenters. The Kier molecular flexibility index (Phi) is 5.46. The zero-order chi connectivity index (χ0) is 14.6. The Hall–Kier alpha value is -0.590. The molecule has 0 bridgehead atoms. The van der Waals surface area contributed by atoms with Gasteiger partial charge in [-0.15, -0.1) is 11.8 Å². The molecule has 1 fully saturated rings. The van der Waals surface area contributed by atoms with Crippen molar-refractivity contribution in [3.8, 4) is 0 Å². The summed E-state index contributed by atoms with van der Waals surface area (Å²) < 4.78 is 0.983. The fourth-order valence-electron chi connectivity index (χ4n) is 1.99. The molecular formula is C14H20BrN3OS. The van der Waals surface area contributed by atoms with Gasteiger partial charge in [-0.1, -0.05) is 0 Å². The minimum Gasteiger partial charge on any atom is -0.368 e. The standard InChI is InChI=1S/C14H20BrN3OS/c1-14(13(16)19,18-11-4-5-11)7-2-8-20-12-6-3-10(15)9-17-12/h3,6,9,11,18H,2,4-5,7-8H2,1H3,(H2,16,19). The summed E-state index contributed by atoms with van der Waals surface area (Å²) >= 11 is 5.07. The first kappa shape index (κ1) is 15.8. The van der Waals surface area contributed by atoms with Crippen molar-refractivity contribution in [3.05, 3.63) is 22.8 Å². The number of amides is 1. The Morgan fingerprint density at radius 1 is 1.60 bits per heavy atom. The van der Waals surface area contributed by atoms with Gasteiger partial charge in [-0.05, 0) is 66.4 Å². The van der Waals surface area contributed by atoms with E-state index in [0.717, 1.165) is 40.9 Å². The van der Waals surface area contributed by atoms with E-state index in [9.17, 15) is 4.79 Å². The van der Waals surface area contributed by atoms with Gasteiger partial charge in [-0.25, -0.2) is 4.98 Å². The Bertz CT molecular complexity index is 464. The van der Waals surface area contributed by atoms with Gasteiger partial charge in [0, 0.05) is 16.7 Å². The van der Waals surface area contributed by atoms with Crippen LogP contribution in [0.15, 0.2) is 27.8 Å². The van der Waals surface area contributed by atoms with E-state index in [4.69, 9.17) is 5.73 Å². The highest BCUT2D eigenvalue weighted by molar-refractivity contribution is 9.10. The van der Waals surface area contributed by atoms with Crippen LogP contribution >= 0.6 is 27.7 Å². The summed E-state index contributed by atoms with van der Waals surface area (Å²) in [7, 11) is 0. The maximum absolute atomic E-state index is 11.6. The molecule has 1 unspecified atom stereocenters. The van der Waals surface area contributed by atoms with Gasteiger partial charge >= 0.3 is 0 Å². The Labute approximate surface area is 132 Å². The van der Waals surface area contributed by atoms with Gasteiger partial charge in [-0.2, -0.15) is 0 Å². The number of rotatable bonds is 8. The number of hydrogen-bond donors (Lipinski definition) is 2. The molecule has 1 aromatic heterocycles. The molecule has 2 rings (SSSR count). The predicted molar refractivity (Wildman–Crippen MR) is 85.7 cm³/mol. The van der Waals surface area contributed by atoms with Crippen molar-refractivity contribution >= 4 is 33.6 Å². The molecule has 0 aliphatic heterocycles. The average Bonchev–Trinajstić information content (AvgIpc) is 3.20. The van der Waals surface area contributed by atoms with E-state index < -0.39 is 5.54 Å². The molecule has 3 N–H and O–H groups in total. The molecule has 0 spiro atoms. The predicted octanol–water partition coefficient (Wildman–Crippen LogP) is 2.71. The van der Waals surface area contributed by atoms with Crippen molar-refractivity contribution in [2.45, 2.75) is 49.2 Å². The monoisotopic (exact) mass is 357 g/mol. The van der Waals surface area contributed by atoms with Gasteiger partial charge in [0.05, 0.1) is 10.6 Å². The van der Waals surface area contributed by atoms with E-state index in [1.165, 1.54) is 0 Å². The van der Waals surface area contributed by atoms with Gasteiger partial charge in [0.2, 0.25) is 5.91 Å². The average molecular weight is 358 g/mol. The van der Waals surface area contributed by atoms with Gasteiger partial charge in [0.1, 0.15) is 0 Å². The molecule has 1 aliphatic carbocycles. The number of thioether (sulfide) groups is 1. The number of primary amides is 1. The minimum absolute atomic E-state index is 0.254. The first-order chi connectivity index (χ1) is 9.49. The van der Waals surface area contributed by atoms with Crippen LogP contribution in [-0.4, -0.2) is 28.2 Å². The molecule has 4 nitrogen and oxygen atoms in total. The Morgan fingerprint density at radius 2 is 2.35 bits per heavy atom. The summed E-state index contributed by atoms with van der Waals surface area (Å²) in [5.74, 6) is 0.681. The van der Waals surface area contributed by atoms with Gasteiger partial charge in [-0.3, -0.25) is 4.79 Å². The second-order valence-corrected chi connectivity index (χ2v) is 7.41. The second-order valence-electron chi connectivity index (χ2n) is 5.38. The number of carbonyl (C=O) groups excluding carboxylic acids is 1. The molecule has 1 aromatic rings. The number of nitrogens with two attached hydrogens (primary N) is 1. The van der Waals surface area contributed by atoms with Crippen LogP contribution in [0.1, 0.15) is 32.6 Å². The Morgan fingerprint density at radius 3 is 2.90 bits per heavy atom. The molecule has 1 saturated carbocycles.